The molecule has 8 atom stereocenters. The highest BCUT2D eigenvalue weighted by Gasteiger charge is 2.62. The molecule has 564 valence electrons. The molecule has 0 N–H and O–H groups in total. The van der Waals surface area contributed by atoms with E-state index in [0.29, 0.717) is 36.7 Å². The van der Waals surface area contributed by atoms with Crippen LogP contribution in [0.15, 0.2) is 0 Å². The molecule has 0 aromatic heterocycles. The fourth-order valence-electron chi connectivity index (χ4n) is 17.4. The summed E-state index contributed by atoms with van der Waals surface area (Å²) in [6.07, 6.45) is 23.2. The number of hydrogen-bond donors (Lipinski definition) is 0. The van der Waals surface area contributed by atoms with Gasteiger partial charge in [-0.05, 0) is 271 Å². The Hall–Kier alpha value is -3.79. The summed E-state index contributed by atoms with van der Waals surface area (Å²) in [7, 11) is 0. The Bertz CT molecular complexity index is 2440. The topological polar surface area (TPSA) is 203 Å². The first-order chi connectivity index (χ1) is 41.2. The van der Waals surface area contributed by atoms with E-state index in [1.807, 2.05) is 76.2 Å². The van der Waals surface area contributed by atoms with Crippen molar-refractivity contribution in [3.8, 4) is 0 Å². The van der Waals surface area contributed by atoms with Crippen molar-refractivity contribution < 1.29 is 76.2 Å². The van der Waals surface area contributed by atoms with E-state index in [4.69, 9.17) is 42.6 Å². The minimum atomic E-state index is -0.615. The second-order valence-electron chi connectivity index (χ2n) is 32.5. The Morgan fingerprint density at radius 2 is 0.979 bits per heavy atom. The van der Waals surface area contributed by atoms with E-state index in [9.17, 15) is 33.6 Å². The predicted octanol–water partition coefficient (Wildman–Crippen LogP) is 19.4. The molecule has 14 fully saturated rings. The molecule has 11 aliphatic carbocycles. The van der Waals surface area contributed by atoms with E-state index in [2.05, 4.69) is 20.8 Å². The molecular formula is C80H148O16. The molecule has 0 radical (unpaired) electrons. The maximum Gasteiger partial charge on any atom is 0.344 e. The third-order valence-electron chi connectivity index (χ3n) is 24.3. The summed E-state index contributed by atoms with van der Waals surface area (Å²) < 4.78 is 51.3. The third kappa shape index (κ3) is 20.5. The van der Waals surface area contributed by atoms with E-state index in [0.717, 1.165) is 115 Å². The first kappa shape index (κ1) is 92.2. The van der Waals surface area contributed by atoms with Crippen molar-refractivity contribution >= 4 is 41.8 Å². The van der Waals surface area contributed by atoms with Gasteiger partial charge in [-0.1, -0.05) is 101 Å². The molecular weight excluding hydrogens is 1220 g/mol. The fourth-order valence-corrected chi connectivity index (χ4v) is 17.4. The maximum atomic E-state index is 13.1. The molecule has 3 heterocycles. The van der Waals surface area contributed by atoms with Gasteiger partial charge in [0.2, 0.25) is 0 Å². The number of carbonyl (C=O) groups is 7. The molecule has 3 aliphatic heterocycles. The lowest BCUT2D eigenvalue weighted by Crippen LogP contribution is -2.60. The zero-order valence-electron chi connectivity index (χ0n) is 57.2. The maximum absolute atomic E-state index is 13.1. The van der Waals surface area contributed by atoms with Crippen LogP contribution in [-0.4, -0.2) is 103 Å². The van der Waals surface area contributed by atoms with E-state index in [1.165, 1.54) is 44.9 Å². The summed E-state index contributed by atoms with van der Waals surface area (Å²) in [5, 5.41) is 0. The van der Waals surface area contributed by atoms with Gasteiger partial charge in [-0.2, -0.15) is 0 Å². The highest BCUT2D eigenvalue weighted by atomic mass is 16.7. The van der Waals surface area contributed by atoms with E-state index in [1.54, 1.807) is 13.8 Å². The lowest BCUT2D eigenvalue weighted by Gasteiger charge is -2.60. The van der Waals surface area contributed by atoms with Crippen molar-refractivity contribution in [2.45, 2.75) is 366 Å². The molecule has 11 saturated carbocycles. The van der Waals surface area contributed by atoms with Gasteiger partial charge in [-0.25, -0.2) is 4.79 Å². The van der Waals surface area contributed by atoms with Gasteiger partial charge in [0.15, 0.2) is 12.4 Å². The number of ether oxygens (including phenoxy) is 9. The number of hydrogen-bond acceptors (Lipinski definition) is 16. The van der Waals surface area contributed by atoms with Gasteiger partial charge in [0, 0.05) is 5.92 Å². The molecule has 3 saturated heterocycles. The Labute approximate surface area is 587 Å². The van der Waals surface area contributed by atoms with E-state index in [-0.39, 0.29) is 166 Å². The fraction of sp³-hybridized carbons (Fsp3) is 0.912. The molecule has 0 aromatic rings. The quantitative estimate of drug-likeness (QED) is 0.0872. The van der Waals surface area contributed by atoms with Crippen LogP contribution in [0, 0.1) is 86.3 Å². The van der Waals surface area contributed by atoms with E-state index >= 15 is 0 Å². The van der Waals surface area contributed by atoms with Gasteiger partial charge in [0.25, 0.3) is 0 Å². The zero-order chi connectivity index (χ0) is 64.6. The summed E-state index contributed by atoms with van der Waals surface area (Å²) in [6.45, 7) is 31.9. The Morgan fingerprint density at radius 3 is 1.46 bits per heavy atom. The van der Waals surface area contributed by atoms with Crippen molar-refractivity contribution in [1.82, 2.24) is 0 Å². The first-order valence-corrected chi connectivity index (χ1v) is 34.9. The minimum absolute atomic E-state index is 0. The Kier molecular flexibility index (Phi) is 34.8. The molecule has 0 amide bonds. The van der Waals surface area contributed by atoms with Gasteiger partial charge in [0.1, 0.15) is 42.2 Å². The average molecular weight is 1370 g/mol. The first-order valence-electron chi connectivity index (χ1n) is 34.9. The lowest BCUT2D eigenvalue weighted by molar-refractivity contribution is -0.218. The van der Waals surface area contributed by atoms with Crippen LogP contribution in [0.5, 0.6) is 0 Å². The number of fused-ring (bicyclic) bond motifs is 1. The van der Waals surface area contributed by atoms with Gasteiger partial charge in [0.05, 0.1) is 39.6 Å². The average Bonchev–Trinajstić information content (AvgIpc) is 0.933. The summed E-state index contributed by atoms with van der Waals surface area (Å²) in [5.74, 6) is 2.92. The van der Waals surface area contributed by atoms with Crippen molar-refractivity contribution in [3.05, 3.63) is 0 Å². The molecule has 14 aliphatic rings. The van der Waals surface area contributed by atoms with Crippen LogP contribution in [0.25, 0.3) is 0 Å². The molecule has 0 spiro atoms. The van der Waals surface area contributed by atoms with Crippen molar-refractivity contribution in [2.75, 3.05) is 19.8 Å². The largest absolute Gasteiger partial charge is 0.462 e. The van der Waals surface area contributed by atoms with Crippen molar-refractivity contribution in [3.63, 3.8) is 0 Å². The number of carbonyl (C=O) groups excluding carboxylic acids is 7. The van der Waals surface area contributed by atoms with Gasteiger partial charge >= 0.3 is 41.8 Å². The van der Waals surface area contributed by atoms with Gasteiger partial charge < -0.3 is 42.6 Å². The molecule has 16 nitrogen and oxygen atoms in total. The zero-order valence-corrected chi connectivity index (χ0v) is 57.2. The van der Waals surface area contributed by atoms with Crippen LogP contribution in [-0.2, 0) is 76.2 Å². The predicted molar refractivity (Wildman–Crippen MR) is 385 cm³/mol. The second kappa shape index (κ2) is 36.2. The van der Waals surface area contributed by atoms with E-state index < -0.39 is 40.1 Å². The molecule has 0 aromatic carbocycles. The molecule has 96 heavy (non-hydrogen) atoms. The summed E-state index contributed by atoms with van der Waals surface area (Å²) in [5.41, 5.74) is -2.41. The van der Waals surface area contributed by atoms with Crippen LogP contribution in [0.4, 0.5) is 0 Å². The van der Waals surface area contributed by atoms with Crippen LogP contribution >= 0.6 is 0 Å². The van der Waals surface area contributed by atoms with Crippen LogP contribution in [0.1, 0.15) is 324 Å². The molecule has 14 rings (SSSR count). The van der Waals surface area contributed by atoms with Crippen LogP contribution < -0.4 is 0 Å². The SMILES string of the molecule is C.C.C.C.C.C.C.C.CCC(C)(C)C(=O)OC1(CC)C2CC3CC(C2)CC1C3.CCC(C)(C)C(=O)OC1C2CC3CC1CC(C(=O)OCC1COC(C)(C)O1)(C3)C2.CCC(C)(C)C(=O)OCC(=O)OC1C2CC3CC(C2)C(=O)OC1C3.CCC1(OC(=O)C(C)(C)CC)CCCC1. The number of esters is 7. The summed E-state index contributed by atoms with van der Waals surface area (Å²) in [6, 6.07) is 0. The highest BCUT2D eigenvalue weighted by molar-refractivity contribution is 5.81. The monoisotopic (exact) mass is 1370 g/mol. The smallest absolute Gasteiger partial charge is 0.344 e. The summed E-state index contributed by atoms with van der Waals surface area (Å²) in [4.78, 5) is 86.5. The summed E-state index contributed by atoms with van der Waals surface area (Å²) >= 11 is 0. The Morgan fingerprint density at radius 1 is 0.500 bits per heavy atom. The van der Waals surface area contributed by atoms with Gasteiger partial charge in [-0.15, -0.1) is 0 Å². The third-order valence-corrected chi connectivity index (χ3v) is 24.3. The molecule has 12 bridgehead atoms. The van der Waals surface area contributed by atoms with Crippen molar-refractivity contribution in [2.24, 2.45) is 86.3 Å². The molecule has 8 unspecified atom stereocenters. The van der Waals surface area contributed by atoms with Crippen molar-refractivity contribution in [1.29, 1.82) is 0 Å². The number of rotatable bonds is 19. The van der Waals surface area contributed by atoms with Crippen LogP contribution in [0.3, 0.4) is 0 Å². The van der Waals surface area contributed by atoms with Gasteiger partial charge in [-0.3, -0.25) is 28.8 Å². The highest BCUT2D eigenvalue weighted by Crippen LogP contribution is 2.63. The Balaban J connectivity index is 0.00000125. The standard InChI is InChI=1S/C23H36O6.C18H26O6.C18H30O2.C13H24O2.8CH4/c1-6-21(2,3)19(24)28-18-15-7-14-8-16(18)11-23(9-14,10-15)20(25)26-12-17-13-27-22(4,5)29-17;1-4-18(2,3)17(21)22-9-14(19)24-15-11-5-10-6-12(8-11)16(20)23-13(15)7-10;1-5-17(3,4)16(19)20-18(6-2)14-8-12-7-13(10-14)11-15(18)9-12;1-5-12(3,4)11(14)15-13(6-2)9-7-8-10-13;;;;;;;;/h14-18H,6-13H2,1-5H3;10-13,15H,4-9H2,1-3H3;12-15H,5-11H2,1-4H3;5-10H2,1-4H3;8*1H4. The van der Waals surface area contributed by atoms with Crippen LogP contribution in [0.2, 0.25) is 0 Å². The molecule has 16 heteroatoms. The normalized spacial score (nSPS) is 32.8. The second-order valence-corrected chi connectivity index (χ2v) is 32.5. The minimum Gasteiger partial charge on any atom is -0.462 e. The lowest BCUT2D eigenvalue weighted by atomic mass is 9.48.